The second kappa shape index (κ2) is 6.33. The molecule has 0 saturated carbocycles. The van der Waals surface area contributed by atoms with Crippen LogP contribution in [0.2, 0.25) is 5.02 Å². The number of carbonyl (C=O) groups is 1. The minimum absolute atomic E-state index is 0. The molecule has 3 nitrogen and oxygen atoms in total. The molecule has 3 rings (SSSR count). The van der Waals surface area contributed by atoms with Gasteiger partial charge >= 0.3 is 0 Å². The third-order valence-corrected chi connectivity index (χ3v) is 4.79. The third-order valence-electron chi connectivity index (χ3n) is 4.42. The number of carbonyl (C=O) groups excluding carboxylic acids is 1. The van der Waals surface area contributed by atoms with Crippen molar-refractivity contribution in [2.24, 2.45) is 5.41 Å². The smallest absolute Gasteiger partial charge is 0.227 e. The fourth-order valence-corrected chi connectivity index (χ4v) is 3.41. The van der Waals surface area contributed by atoms with Crippen LogP contribution in [-0.2, 0) is 11.2 Å². The van der Waals surface area contributed by atoms with Crippen LogP contribution in [0.15, 0.2) is 24.3 Å². The fourth-order valence-electron chi connectivity index (χ4n) is 3.21. The van der Waals surface area contributed by atoms with Gasteiger partial charge in [-0.3, -0.25) is 4.79 Å². The second-order valence-corrected chi connectivity index (χ2v) is 6.17. The van der Waals surface area contributed by atoms with Gasteiger partial charge < -0.3 is 10.2 Å². The predicted molar refractivity (Wildman–Crippen MR) is 83.5 cm³/mol. The van der Waals surface area contributed by atoms with E-state index in [1.165, 1.54) is 6.42 Å². The van der Waals surface area contributed by atoms with E-state index < -0.39 is 0 Å². The summed E-state index contributed by atoms with van der Waals surface area (Å²) in [6.45, 7) is 3.95. The average Bonchev–Trinajstić information content (AvgIpc) is 3.03. The van der Waals surface area contributed by atoms with Crippen molar-refractivity contribution in [1.29, 1.82) is 0 Å². The van der Waals surface area contributed by atoms with E-state index in [4.69, 9.17) is 11.6 Å². The Hall–Kier alpha value is -0.770. The van der Waals surface area contributed by atoms with E-state index in [-0.39, 0.29) is 18.3 Å². The highest BCUT2D eigenvalue weighted by Crippen LogP contribution is 2.36. The Balaban J connectivity index is 0.00000147. The lowest BCUT2D eigenvalue weighted by Crippen LogP contribution is -2.34. The summed E-state index contributed by atoms with van der Waals surface area (Å²) in [5.41, 5.74) is 1.27. The Morgan fingerprint density at radius 1 is 1.35 bits per heavy atom. The molecule has 1 aromatic carbocycles. The minimum Gasteiger partial charge on any atom is -0.342 e. The van der Waals surface area contributed by atoms with Gasteiger partial charge in [-0.25, -0.2) is 0 Å². The van der Waals surface area contributed by atoms with Gasteiger partial charge in [0.1, 0.15) is 0 Å². The van der Waals surface area contributed by atoms with Crippen molar-refractivity contribution in [2.75, 3.05) is 26.2 Å². The van der Waals surface area contributed by atoms with Gasteiger partial charge in [-0.15, -0.1) is 12.4 Å². The van der Waals surface area contributed by atoms with Gasteiger partial charge in [0.05, 0.1) is 6.42 Å². The Labute approximate surface area is 131 Å². The topological polar surface area (TPSA) is 32.3 Å². The number of amides is 1. The lowest BCUT2D eigenvalue weighted by Gasteiger charge is -2.23. The zero-order chi connectivity index (χ0) is 13.3. The molecule has 0 radical (unpaired) electrons. The maximum Gasteiger partial charge on any atom is 0.227 e. The third kappa shape index (κ3) is 3.11. The van der Waals surface area contributed by atoms with Crippen molar-refractivity contribution in [3.8, 4) is 0 Å². The van der Waals surface area contributed by atoms with Crippen LogP contribution in [0.5, 0.6) is 0 Å². The van der Waals surface area contributed by atoms with Crippen molar-refractivity contribution < 1.29 is 4.79 Å². The molecule has 2 saturated heterocycles. The SMILES string of the molecule is Cl.O=C(Cc1ccccc1Cl)N1CCC2(CCNC2)C1. The predicted octanol–water partition coefficient (Wildman–Crippen LogP) is 2.52. The molecule has 2 aliphatic rings. The molecule has 0 bridgehead atoms. The van der Waals surface area contributed by atoms with E-state index in [1.807, 2.05) is 29.2 Å². The molecule has 1 amide bonds. The summed E-state index contributed by atoms with van der Waals surface area (Å²) in [6, 6.07) is 7.60. The molecule has 110 valence electrons. The van der Waals surface area contributed by atoms with E-state index in [2.05, 4.69) is 5.32 Å². The van der Waals surface area contributed by atoms with Gasteiger partial charge in [0.15, 0.2) is 0 Å². The van der Waals surface area contributed by atoms with Crippen LogP contribution in [-0.4, -0.2) is 37.0 Å². The molecule has 1 unspecified atom stereocenters. The molecule has 5 heteroatoms. The Kier molecular flexibility index (Phi) is 4.95. The van der Waals surface area contributed by atoms with Crippen LogP contribution in [0, 0.1) is 5.41 Å². The summed E-state index contributed by atoms with van der Waals surface area (Å²) in [7, 11) is 0. The van der Waals surface area contributed by atoms with Gasteiger partial charge in [0.2, 0.25) is 5.91 Å². The quantitative estimate of drug-likeness (QED) is 0.909. The average molecular weight is 315 g/mol. The molecule has 20 heavy (non-hydrogen) atoms. The zero-order valence-electron chi connectivity index (χ0n) is 11.4. The fraction of sp³-hybridized carbons (Fsp3) is 0.533. The van der Waals surface area contributed by atoms with Crippen LogP contribution in [0.1, 0.15) is 18.4 Å². The summed E-state index contributed by atoms with van der Waals surface area (Å²) >= 11 is 6.11. The number of nitrogens with zero attached hydrogens (tertiary/aromatic N) is 1. The molecule has 1 N–H and O–H groups in total. The van der Waals surface area contributed by atoms with E-state index >= 15 is 0 Å². The van der Waals surface area contributed by atoms with Crippen LogP contribution < -0.4 is 5.32 Å². The van der Waals surface area contributed by atoms with Gasteiger partial charge in [0.25, 0.3) is 0 Å². The first-order valence-electron chi connectivity index (χ1n) is 6.90. The van der Waals surface area contributed by atoms with Gasteiger partial charge in [-0.2, -0.15) is 0 Å². The molecule has 1 spiro atoms. The maximum absolute atomic E-state index is 12.4. The van der Waals surface area contributed by atoms with Crippen LogP contribution in [0.3, 0.4) is 0 Å². The lowest BCUT2D eigenvalue weighted by molar-refractivity contribution is -0.129. The van der Waals surface area contributed by atoms with Gasteiger partial charge in [0, 0.05) is 30.1 Å². The largest absolute Gasteiger partial charge is 0.342 e. The van der Waals surface area contributed by atoms with E-state index in [0.717, 1.165) is 38.2 Å². The number of nitrogens with one attached hydrogen (secondary N) is 1. The summed E-state index contributed by atoms with van der Waals surface area (Å²) in [4.78, 5) is 14.4. The second-order valence-electron chi connectivity index (χ2n) is 5.76. The molecular weight excluding hydrogens is 295 g/mol. The Bertz CT molecular complexity index is 487. The van der Waals surface area contributed by atoms with Crippen molar-refractivity contribution in [1.82, 2.24) is 10.2 Å². The Morgan fingerprint density at radius 2 is 2.15 bits per heavy atom. The molecule has 0 aromatic heterocycles. The summed E-state index contributed by atoms with van der Waals surface area (Å²) in [5.74, 6) is 0.205. The first kappa shape index (κ1) is 15.6. The molecular formula is C15H20Cl2N2O. The first-order chi connectivity index (χ1) is 9.19. The van der Waals surface area contributed by atoms with Crippen LogP contribution in [0.4, 0.5) is 0 Å². The van der Waals surface area contributed by atoms with E-state index in [1.54, 1.807) is 0 Å². The maximum atomic E-state index is 12.4. The first-order valence-corrected chi connectivity index (χ1v) is 7.28. The Morgan fingerprint density at radius 3 is 2.85 bits per heavy atom. The number of hydrogen-bond donors (Lipinski definition) is 1. The highest BCUT2D eigenvalue weighted by atomic mass is 35.5. The van der Waals surface area contributed by atoms with Gasteiger partial charge in [-0.1, -0.05) is 29.8 Å². The highest BCUT2D eigenvalue weighted by molar-refractivity contribution is 6.31. The summed E-state index contributed by atoms with van der Waals surface area (Å²) < 4.78 is 0. The number of likely N-dealkylation sites (tertiary alicyclic amines) is 1. The molecule has 2 fully saturated rings. The number of halogens is 2. The van der Waals surface area contributed by atoms with E-state index in [9.17, 15) is 4.79 Å². The van der Waals surface area contributed by atoms with E-state index in [0.29, 0.717) is 16.9 Å². The van der Waals surface area contributed by atoms with Crippen molar-refractivity contribution in [3.63, 3.8) is 0 Å². The van der Waals surface area contributed by atoms with Crippen LogP contribution in [0.25, 0.3) is 0 Å². The van der Waals surface area contributed by atoms with Crippen LogP contribution >= 0.6 is 24.0 Å². The lowest BCUT2D eigenvalue weighted by atomic mass is 9.86. The molecule has 2 heterocycles. The van der Waals surface area contributed by atoms with Crippen molar-refractivity contribution in [3.05, 3.63) is 34.9 Å². The van der Waals surface area contributed by atoms with Crippen molar-refractivity contribution in [2.45, 2.75) is 19.3 Å². The van der Waals surface area contributed by atoms with Crippen molar-refractivity contribution >= 4 is 29.9 Å². The molecule has 0 aliphatic carbocycles. The number of hydrogen-bond acceptors (Lipinski definition) is 2. The number of benzene rings is 1. The normalized spacial score (nSPS) is 24.9. The molecule has 1 atom stereocenters. The summed E-state index contributed by atoms with van der Waals surface area (Å²) in [5, 5.41) is 4.10. The molecule has 1 aromatic rings. The number of rotatable bonds is 2. The monoisotopic (exact) mass is 314 g/mol. The minimum atomic E-state index is 0. The standard InChI is InChI=1S/C15H19ClN2O.ClH/c16-13-4-2-1-3-12(13)9-14(19)18-8-6-15(11-18)5-7-17-10-15;/h1-4,17H,5-11H2;1H. The highest BCUT2D eigenvalue weighted by Gasteiger charge is 2.41. The van der Waals surface area contributed by atoms with Gasteiger partial charge in [-0.05, 0) is 31.0 Å². The summed E-state index contributed by atoms with van der Waals surface area (Å²) in [6.07, 6.45) is 2.75. The zero-order valence-corrected chi connectivity index (χ0v) is 13.0. The molecule has 2 aliphatic heterocycles.